The molecule has 7 heteroatoms. The van der Waals surface area contributed by atoms with Crippen molar-refractivity contribution in [2.75, 3.05) is 19.6 Å². The molecule has 2 N–H and O–H groups in total. The molecule has 21 heavy (non-hydrogen) atoms. The summed E-state index contributed by atoms with van der Waals surface area (Å²) in [5, 5.41) is 8.92. The van der Waals surface area contributed by atoms with Gasteiger partial charge in [-0.3, -0.25) is 4.90 Å². The lowest BCUT2D eigenvalue weighted by molar-refractivity contribution is 0.260. The van der Waals surface area contributed by atoms with Gasteiger partial charge >= 0.3 is 0 Å². The number of hydrogen-bond donors (Lipinski definition) is 2. The summed E-state index contributed by atoms with van der Waals surface area (Å²) in [5.41, 5.74) is 0.344. The first-order valence-electron chi connectivity index (χ1n) is 7.07. The van der Waals surface area contributed by atoms with Crippen LogP contribution in [0.5, 0.6) is 0 Å². The van der Waals surface area contributed by atoms with E-state index >= 15 is 0 Å². The number of hydrogen-bond acceptors (Lipinski definition) is 4. The van der Waals surface area contributed by atoms with Crippen molar-refractivity contribution >= 4 is 10.0 Å². The van der Waals surface area contributed by atoms with E-state index in [1.165, 1.54) is 12.1 Å². The van der Waals surface area contributed by atoms with E-state index in [2.05, 4.69) is 9.62 Å². The molecule has 1 unspecified atom stereocenters. The number of nitrogens with zero attached hydrogens (tertiary/aromatic N) is 1. The molecule has 0 amide bonds. The minimum atomic E-state index is -3.87. The van der Waals surface area contributed by atoms with Crippen LogP contribution in [0.3, 0.4) is 0 Å². The highest BCUT2D eigenvalue weighted by Crippen LogP contribution is 2.17. The average molecular weight is 316 g/mol. The third kappa shape index (κ3) is 4.00. The average Bonchev–Trinajstić information content (AvgIpc) is 2.98. The maximum Gasteiger partial charge on any atom is 0.243 e. The van der Waals surface area contributed by atoms with Gasteiger partial charge in [0.05, 0.1) is 6.61 Å². The molecular formula is C14H21FN2O3S. The summed E-state index contributed by atoms with van der Waals surface area (Å²) in [5.74, 6) is -0.845. The largest absolute Gasteiger partial charge is 0.392 e. The molecule has 0 spiro atoms. The van der Waals surface area contributed by atoms with Crippen molar-refractivity contribution in [2.45, 2.75) is 37.3 Å². The highest BCUT2D eigenvalue weighted by atomic mass is 32.2. The Morgan fingerprint density at radius 1 is 1.38 bits per heavy atom. The maximum absolute atomic E-state index is 13.8. The fourth-order valence-electron chi connectivity index (χ4n) is 2.48. The Labute approximate surface area is 124 Å². The Balaban J connectivity index is 2.04. The van der Waals surface area contributed by atoms with Gasteiger partial charge in [-0.2, -0.15) is 0 Å². The van der Waals surface area contributed by atoms with Crippen molar-refractivity contribution in [2.24, 2.45) is 0 Å². The molecule has 1 saturated heterocycles. The molecule has 1 aliphatic rings. The van der Waals surface area contributed by atoms with Crippen LogP contribution in [0, 0.1) is 5.82 Å². The van der Waals surface area contributed by atoms with E-state index in [4.69, 9.17) is 5.11 Å². The summed E-state index contributed by atoms with van der Waals surface area (Å²) in [4.78, 5) is 1.83. The van der Waals surface area contributed by atoms with Crippen molar-refractivity contribution < 1.29 is 17.9 Å². The SMILES string of the molecule is CC(CNS(=O)(=O)c1ccc(CO)cc1F)N1CCCC1. The molecule has 0 aliphatic carbocycles. The van der Waals surface area contributed by atoms with E-state index in [9.17, 15) is 12.8 Å². The molecule has 0 saturated carbocycles. The van der Waals surface area contributed by atoms with Crippen LogP contribution in [0.1, 0.15) is 25.3 Å². The molecule has 0 aromatic heterocycles. The van der Waals surface area contributed by atoms with Gasteiger partial charge < -0.3 is 5.11 Å². The summed E-state index contributed by atoms with van der Waals surface area (Å²) in [6, 6.07) is 3.71. The molecule has 1 aromatic rings. The van der Waals surface area contributed by atoms with Crippen LogP contribution in [0.15, 0.2) is 23.1 Å². The zero-order valence-corrected chi connectivity index (χ0v) is 12.9. The molecule has 1 aromatic carbocycles. The van der Waals surface area contributed by atoms with Crippen molar-refractivity contribution in [1.29, 1.82) is 0 Å². The lowest BCUT2D eigenvalue weighted by Crippen LogP contribution is -2.40. The molecule has 0 bridgehead atoms. The molecule has 118 valence electrons. The maximum atomic E-state index is 13.8. The molecule has 5 nitrogen and oxygen atoms in total. The second-order valence-corrected chi connectivity index (χ2v) is 7.10. The van der Waals surface area contributed by atoms with Gasteiger partial charge in [0, 0.05) is 12.6 Å². The first-order valence-corrected chi connectivity index (χ1v) is 8.55. The Bertz CT molecular complexity index is 586. The van der Waals surface area contributed by atoms with Gasteiger partial charge in [0.25, 0.3) is 0 Å². The lowest BCUT2D eigenvalue weighted by Gasteiger charge is -2.23. The Morgan fingerprint density at radius 2 is 2.05 bits per heavy atom. The van der Waals surface area contributed by atoms with Crippen LogP contribution in [0.25, 0.3) is 0 Å². The summed E-state index contributed by atoms with van der Waals surface area (Å²) >= 11 is 0. The second-order valence-electron chi connectivity index (χ2n) is 5.37. The minimum Gasteiger partial charge on any atom is -0.392 e. The number of aliphatic hydroxyl groups excluding tert-OH is 1. The molecular weight excluding hydrogens is 295 g/mol. The van der Waals surface area contributed by atoms with Gasteiger partial charge in [-0.1, -0.05) is 6.07 Å². The highest BCUT2D eigenvalue weighted by Gasteiger charge is 2.23. The van der Waals surface area contributed by atoms with Gasteiger partial charge in [0.1, 0.15) is 10.7 Å². The molecule has 1 aliphatic heterocycles. The number of rotatable bonds is 6. The number of sulfonamides is 1. The van der Waals surface area contributed by atoms with E-state index in [-0.39, 0.29) is 24.1 Å². The predicted octanol–water partition coefficient (Wildman–Crippen LogP) is 1.08. The summed E-state index contributed by atoms with van der Waals surface area (Å²) in [6.07, 6.45) is 2.27. The van der Waals surface area contributed by atoms with Gasteiger partial charge in [0.2, 0.25) is 10.0 Å². The normalized spacial score (nSPS) is 18.0. The van der Waals surface area contributed by atoms with Crippen LogP contribution in [0.2, 0.25) is 0 Å². The Kier molecular flexibility index (Phi) is 5.32. The van der Waals surface area contributed by atoms with Crippen LogP contribution in [-0.4, -0.2) is 44.1 Å². The second kappa shape index (κ2) is 6.83. The first-order chi connectivity index (χ1) is 9.94. The fraction of sp³-hybridized carbons (Fsp3) is 0.571. The van der Waals surface area contributed by atoms with E-state index in [1.54, 1.807) is 0 Å². The Hall–Kier alpha value is -1.02. The third-order valence-electron chi connectivity index (χ3n) is 3.80. The fourth-order valence-corrected chi connectivity index (χ4v) is 3.66. The van der Waals surface area contributed by atoms with Crippen molar-refractivity contribution in [3.8, 4) is 0 Å². The molecule has 1 heterocycles. The smallest absolute Gasteiger partial charge is 0.243 e. The Morgan fingerprint density at radius 3 is 2.62 bits per heavy atom. The first kappa shape index (κ1) is 16.4. The summed E-state index contributed by atoms with van der Waals surface area (Å²) < 4.78 is 40.6. The van der Waals surface area contributed by atoms with Crippen molar-refractivity contribution in [1.82, 2.24) is 9.62 Å². The molecule has 0 radical (unpaired) electrons. The summed E-state index contributed by atoms with van der Waals surface area (Å²) in [6.45, 7) is 3.84. The quantitative estimate of drug-likeness (QED) is 0.824. The molecule has 1 fully saturated rings. The highest BCUT2D eigenvalue weighted by molar-refractivity contribution is 7.89. The van der Waals surface area contributed by atoms with Crippen LogP contribution < -0.4 is 4.72 Å². The number of nitrogens with one attached hydrogen (secondary N) is 1. The monoisotopic (exact) mass is 316 g/mol. The van der Waals surface area contributed by atoms with E-state index < -0.39 is 15.8 Å². The molecule has 2 rings (SSSR count). The van der Waals surface area contributed by atoms with Crippen molar-refractivity contribution in [3.63, 3.8) is 0 Å². The number of aliphatic hydroxyl groups is 1. The van der Waals surface area contributed by atoms with Gasteiger partial charge in [-0.25, -0.2) is 17.5 Å². The lowest BCUT2D eigenvalue weighted by atomic mass is 10.2. The van der Waals surface area contributed by atoms with E-state index in [1.807, 2.05) is 6.92 Å². The number of halogens is 1. The van der Waals surface area contributed by atoms with E-state index in [0.29, 0.717) is 5.56 Å². The standard InChI is InChI=1S/C14H21FN2O3S/c1-11(17-6-2-3-7-17)9-16-21(19,20)14-5-4-12(10-18)8-13(14)15/h4-5,8,11,16,18H,2-3,6-7,9-10H2,1H3. The van der Waals surface area contributed by atoms with Gasteiger partial charge in [0.15, 0.2) is 0 Å². The zero-order valence-electron chi connectivity index (χ0n) is 12.0. The van der Waals surface area contributed by atoms with Crippen LogP contribution in [-0.2, 0) is 16.6 Å². The number of benzene rings is 1. The van der Waals surface area contributed by atoms with E-state index in [0.717, 1.165) is 32.0 Å². The predicted molar refractivity (Wildman–Crippen MR) is 77.8 cm³/mol. The van der Waals surface area contributed by atoms with Crippen LogP contribution >= 0.6 is 0 Å². The minimum absolute atomic E-state index is 0.0852. The third-order valence-corrected chi connectivity index (χ3v) is 5.26. The zero-order chi connectivity index (χ0) is 15.5. The van der Waals surface area contributed by atoms with Gasteiger partial charge in [-0.05, 0) is 50.6 Å². The summed E-state index contributed by atoms with van der Waals surface area (Å²) in [7, 11) is -3.87. The van der Waals surface area contributed by atoms with Crippen molar-refractivity contribution in [3.05, 3.63) is 29.6 Å². The van der Waals surface area contributed by atoms with Gasteiger partial charge in [-0.15, -0.1) is 0 Å². The topological polar surface area (TPSA) is 69.6 Å². The molecule has 1 atom stereocenters. The number of likely N-dealkylation sites (tertiary alicyclic amines) is 1. The van der Waals surface area contributed by atoms with Crippen LogP contribution in [0.4, 0.5) is 4.39 Å².